The minimum absolute atomic E-state index is 0.0351. The van der Waals surface area contributed by atoms with E-state index in [-0.39, 0.29) is 5.54 Å². The molecule has 15 heavy (non-hydrogen) atoms. The third kappa shape index (κ3) is 2.73. The van der Waals surface area contributed by atoms with E-state index in [1.165, 1.54) is 38.8 Å². The Labute approximate surface area is 94.2 Å². The van der Waals surface area contributed by atoms with Gasteiger partial charge < -0.3 is 10.6 Å². The Bertz CT molecular complexity index is 201. The van der Waals surface area contributed by atoms with Crippen molar-refractivity contribution >= 4 is 0 Å². The Balaban J connectivity index is 1.81. The second-order valence-corrected chi connectivity index (χ2v) is 6.05. The summed E-state index contributed by atoms with van der Waals surface area (Å²) in [5.41, 5.74) is 6.35. The molecular formula is C13H26N2. The lowest BCUT2D eigenvalue weighted by molar-refractivity contribution is 0.233. The van der Waals surface area contributed by atoms with Crippen molar-refractivity contribution in [3.05, 3.63) is 0 Å². The molecule has 0 radical (unpaired) electrons. The Morgan fingerprint density at radius 2 is 1.87 bits per heavy atom. The molecule has 1 saturated carbocycles. The molecular weight excluding hydrogens is 184 g/mol. The van der Waals surface area contributed by atoms with E-state index >= 15 is 0 Å². The van der Waals surface area contributed by atoms with Crippen LogP contribution < -0.4 is 5.73 Å². The molecule has 88 valence electrons. The van der Waals surface area contributed by atoms with Gasteiger partial charge >= 0.3 is 0 Å². The molecule has 3 unspecified atom stereocenters. The maximum atomic E-state index is 6.32. The first-order valence-corrected chi connectivity index (χ1v) is 6.62. The van der Waals surface area contributed by atoms with Crippen molar-refractivity contribution in [3.63, 3.8) is 0 Å². The van der Waals surface area contributed by atoms with E-state index in [0.29, 0.717) is 0 Å². The van der Waals surface area contributed by atoms with Crippen LogP contribution in [0.4, 0.5) is 0 Å². The first kappa shape index (κ1) is 11.4. The van der Waals surface area contributed by atoms with Crippen LogP contribution in [0.25, 0.3) is 0 Å². The predicted octanol–water partition coefficient (Wildman–Crippen LogP) is 2.24. The fraction of sp³-hybridized carbons (Fsp3) is 1.00. The fourth-order valence-electron chi connectivity index (χ4n) is 3.62. The number of fused-ring (bicyclic) bond motifs is 1. The lowest BCUT2D eigenvalue weighted by Crippen LogP contribution is -2.47. The molecule has 0 bridgehead atoms. The first-order valence-electron chi connectivity index (χ1n) is 6.62. The summed E-state index contributed by atoms with van der Waals surface area (Å²) in [7, 11) is 0. The van der Waals surface area contributed by atoms with E-state index in [0.717, 1.165) is 24.8 Å². The molecule has 1 saturated heterocycles. The summed E-state index contributed by atoms with van der Waals surface area (Å²) in [6.45, 7) is 8.19. The predicted molar refractivity (Wildman–Crippen MR) is 64.8 cm³/mol. The van der Waals surface area contributed by atoms with Crippen LogP contribution in [0.5, 0.6) is 0 Å². The van der Waals surface area contributed by atoms with E-state index < -0.39 is 0 Å². The third-order valence-electron chi connectivity index (χ3n) is 4.21. The van der Waals surface area contributed by atoms with Gasteiger partial charge in [0.1, 0.15) is 0 Å². The molecule has 0 aromatic heterocycles. The average molecular weight is 210 g/mol. The zero-order valence-electron chi connectivity index (χ0n) is 10.3. The first-order chi connectivity index (χ1) is 7.11. The van der Waals surface area contributed by atoms with E-state index in [1.54, 1.807) is 0 Å². The minimum atomic E-state index is 0.0351. The highest BCUT2D eigenvalue weighted by Gasteiger charge is 2.37. The molecule has 2 fully saturated rings. The molecule has 0 spiro atoms. The minimum Gasteiger partial charge on any atom is -0.324 e. The molecule has 2 rings (SSSR count). The molecule has 2 N–H and O–H groups in total. The lowest BCUT2D eigenvalue weighted by Gasteiger charge is -2.30. The molecule has 1 aliphatic carbocycles. The van der Waals surface area contributed by atoms with Gasteiger partial charge in [0.15, 0.2) is 0 Å². The van der Waals surface area contributed by atoms with E-state index in [9.17, 15) is 0 Å². The van der Waals surface area contributed by atoms with Crippen LogP contribution in [-0.4, -0.2) is 30.1 Å². The van der Waals surface area contributed by atoms with E-state index in [4.69, 9.17) is 5.73 Å². The van der Waals surface area contributed by atoms with Crippen molar-refractivity contribution in [2.45, 2.75) is 51.5 Å². The van der Waals surface area contributed by atoms with Gasteiger partial charge in [0.2, 0.25) is 0 Å². The number of rotatable bonds is 4. The van der Waals surface area contributed by atoms with Gasteiger partial charge in [-0.1, -0.05) is 19.8 Å². The Kier molecular flexibility index (Phi) is 3.36. The molecule has 0 aromatic carbocycles. The summed E-state index contributed by atoms with van der Waals surface area (Å²) in [4.78, 5) is 2.62. The largest absolute Gasteiger partial charge is 0.324 e. The van der Waals surface area contributed by atoms with E-state index in [1.807, 2.05) is 0 Å². The summed E-state index contributed by atoms with van der Waals surface area (Å²) in [5, 5.41) is 0. The van der Waals surface area contributed by atoms with Gasteiger partial charge in [-0.05, 0) is 38.0 Å². The Morgan fingerprint density at radius 1 is 1.27 bits per heavy atom. The summed E-state index contributed by atoms with van der Waals surface area (Å²) in [6.07, 6.45) is 6.76. The topological polar surface area (TPSA) is 29.3 Å². The molecule has 1 aliphatic heterocycles. The number of hydrogen-bond acceptors (Lipinski definition) is 2. The average Bonchev–Trinajstić information content (AvgIpc) is 2.61. The molecule has 1 heterocycles. The SMILES string of the molecule is CCCC(C)(N)CN1CC2CCCC2C1. The number of nitrogens with two attached hydrogens (primary N) is 1. The third-order valence-corrected chi connectivity index (χ3v) is 4.21. The smallest absolute Gasteiger partial charge is 0.0254 e. The lowest BCUT2D eigenvalue weighted by atomic mass is 9.97. The summed E-state index contributed by atoms with van der Waals surface area (Å²) < 4.78 is 0. The van der Waals surface area contributed by atoms with Crippen LogP contribution in [0, 0.1) is 11.8 Å². The quantitative estimate of drug-likeness (QED) is 0.771. The summed E-state index contributed by atoms with van der Waals surface area (Å²) in [5.74, 6) is 2.00. The van der Waals surface area contributed by atoms with Crippen molar-refractivity contribution in [1.82, 2.24) is 4.90 Å². The normalized spacial score (nSPS) is 35.4. The van der Waals surface area contributed by atoms with Gasteiger partial charge in [0, 0.05) is 25.2 Å². The zero-order valence-corrected chi connectivity index (χ0v) is 10.3. The Hall–Kier alpha value is -0.0800. The zero-order chi connectivity index (χ0) is 10.9. The summed E-state index contributed by atoms with van der Waals surface area (Å²) >= 11 is 0. The highest BCUT2D eigenvalue weighted by molar-refractivity contribution is 4.92. The van der Waals surface area contributed by atoms with Crippen molar-refractivity contribution in [3.8, 4) is 0 Å². The molecule has 2 heteroatoms. The molecule has 3 atom stereocenters. The van der Waals surface area contributed by atoms with Crippen LogP contribution in [0.15, 0.2) is 0 Å². The van der Waals surface area contributed by atoms with E-state index in [2.05, 4.69) is 18.7 Å². The fourth-order valence-corrected chi connectivity index (χ4v) is 3.62. The van der Waals surface area contributed by atoms with Crippen LogP contribution in [0.2, 0.25) is 0 Å². The van der Waals surface area contributed by atoms with Gasteiger partial charge in [-0.3, -0.25) is 0 Å². The molecule has 2 nitrogen and oxygen atoms in total. The van der Waals surface area contributed by atoms with Gasteiger partial charge in [0.25, 0.3) is 0 Å². The maximum absolute atomic E-state index is 6.32. The van der Waals surface area contributed by atoms with Crippen LogP contribution >= 0.6 is 0 Å². The maximum Gasteiger partial charge on any atom is 0.0254 e. The number of likely N-dealkylation sites (tertiary alicyclic amines) is 1. The van der Waals surface area contributed by atoms with Gasteiger partial charge in [0.05, 0.1) is 0 Å². The highest BCUT2D eigenvalue weighted by Crippen LogP contribution is 2.38. The van der Waals surface area contributed by atoms with Crippen molar-refractivity contribution < 1.29 is 0 Å². The van der Waals surface area contributed by atoms with Gasteiger partial charge in [-0.2, -0.15) is 0 Å². The Morgan fingerprint density at radius 3 is 2.40 bits per heavy atom. The van der Waals surface area contributed by atoms with Crippen molar-refractivity contribution in [1.29, 1.82) is 0 Å². The molecule has 0 amide bonds. The van der Waals surface area contributed by atoms with Crippen molar-refractivity contribution in [2.24, 2.45) is 17.6 Å². The van der Waals surface area contributed by atoms with Crippen LogP contribution in [-0.2, 0) is 0 Å². The van der Waals surface area contributed by atoms with Gasteiger partial charge in [-0.25, -0.2) is 0 Å². The van der Waals surface area contributed by atoms with Crippen LogP contribution in [0.3, 0.4) is 0 Å². The van der Waals surface area contributed by atoms with Crippen LogP contribution in [0.1, 0.15) is 46.0 Å². The standard InChI is InChI=1S/C13H26N2/c1-3-7-13(2,14)10-15-8-11-5-4-6-12(11)9-15/h11-12H,3-10,14H2,1-2H3. The summed E-state index contributed by atoms with van der Waals surface area (Å²) in [6, 6.07) is 0. The number of hydrogen-bond donors (Lipinski definition) is 1. The van der Waals surface area contributed by atoms with Gasteiger partial charge in [-0.15, -0.1) is 0 Å². The second-order valence-electron chi connectivity index (χ2n) is 6.05. The molecule has 2 aliphatic rings. The number of nitrogens with zero attached hydrogens (tertiary/aromatic N) is 1. The second kappa shape index (κ2) is 4.42. The van der Waals surface area contributed by atoms with Crippen molar-refractivity contribution in [2.75, 3.05) is 19.6 Å². The highest BCUT2D eigenvalue weighted by atomic mass is 15.2. The molecule has 0 aromatic rings. The monoisotopic (exact) mass is 210 g/mol.